The first kappa shape index (κ1) is 25.0. The van der Waals surface area contributed by atoms with Crippen molar-refractivity contribution in [2.45, 2.75) is 42.3 Å². The van der Waals surface area contributed by atoms with E-state index < -0.39 is 22.1 Å². The Kier molecular flexibility index (Phi) is 6.48. The lowest BCUT2D eigenvalue weighted by atomic mass is 10.00. The summed E-state index contributed by atoms with van der Waals surface area (Å²) in [5, 5.41) is 0.283. The largest absolute Gasteiger partial charge is 0.311 e. The molecule has 1 aliphatic carbocycles. The van der Waals surface area contributed by atoms with E-state index in [0.717, 1.165) is 18.4 Å². The van der Waals surface area contributed by atoms with Crippen molar-refractivity contribution in [3.05, 3.63) is 70.4 Å². The summed E-state index contributed by atoms with van der Waals surface area (Å²) >= 11 is 12.3. The Morgan fingerprint density at radius 1 is 1.11 bits per heavy atom. The average molecular weight is 550 g/mol. The fourth-order valence-corrected chi connectivity index (χ4v) is 6.80. The number of carbonyl (C=O) groups is 2. The third kappa shape index (κ3) is 4.36. The van der Waals surface area contributed by atoms with Gasteiger partial charge in [-0.3, -0.25) is 24.4 Å². The number of nitrogens with zero attached hydrogens (tertiary/aromatic N) is 5. The molecular formula is C24H25Cl2N5O4S. The van der Waals surface area contributed by atoms with Crippen LogP contribution in [0.5, 0.6) is 0 Å². The highest BCUT2D eigenvalue weighted by Crippen LogP contribution is 2.39. The normalized spacial score (nSPS) is 22.7. The summed E-state index contributed by atoms with van der Waals surface area (Å²) in [5.74, 6) is -0.429. The number of benzene rings is 1. The van der Waals surface area contributed by atoms with E-state index in [2.05, 4.69) is 4.98 Å². The number of halogens is 2. The molecule has 5 rings (SSSR count). The van der Waals surface area contributed by atoms with Gasteiger partial charge in [0.25, 0.3) is 10.0 Å². The van der Waals surface area contributed by atoms with Crippen molar-refractivity contribution in [2.24, 2.45) is 0 Å². The fraction of sp³-hybridized carbons (Fsp3) is 0.375. The zero-order valence-corrected chi connectivity index (χ0v) is 22.0. The van der Waals surface area contributed by atoms with E-state index in [1.807, 2.05) is 6.07 Å². The average Bonchev–Trinajstić information content (AvgIpc) is 3.66. The van der Waals surface area contributed by atoms with Crippen molar-refractivity contribution >= 4 is 45.0 Å². The van der Waals surface area contributed by atoms with Crippen LogP contribution in [0.1, 0.15) is 18.4 Å². The lowest BCUT2D eigenvalue weighted by molar-refractivity contribution is -0.151. The SMILES string of the molecule is CN(C)C1CN(S(=O)(=O)c2ccc(Cl)cc2Cl)C2=CN(C3CC3)C(=O)C(Cc3cccnc3)N2C1=O. The van der Waals surface area contributed by atoms with Crippen molar-refractivity contribution < 1.29 is 18.0 Å². The van der Waals surface area contributed by atoms with Gasteiger partial charge in [-0.1, -0.05) is 29.3 Å². The lowest BCUT2D eigenvalue weighted by Gasteiger charge is -2.49. The van der Waals surface area contributed by atoms with Crippen LogP contribution in [0.2, 0.25) is 10.0 Å². The minimum atomic E-state index is -4.21. The molecule has 3 heterocycles. The third-order valence-corrected chi connectivity index (χ3v) is 9.13. The molecule has 12 heteroatoms. The molecule has 36 heavy (non-hydrogen) atoms. The zero-order chi connectivity index (χ0) is 25.8. The van der Waals surface area contributed by atoms with Crippen LogP contribution >= 0.6 is 23.2 Å². The molecule has 1 aromatic carbocycles. The third-order valence-electron chi connectivity index (χ3n) is 6.65. The maximum absolute atomic E-state index is 14.0. The summed E-state index contributed by atoms with van der Waals surface area (Å²) in [6, 6.07) is 6.03. The standard InChI is InChI=1S/C24H25Cl2N5O4S/c1-28(2)20-13-30(36(34,35)21-8-5-16(25)11-18(21)26)22-14-29(17-6-7-17)23(32)19(31(22)24(20)33)10-15-4-3-9-27-12-15/h3-5,8-9,11-12,14,17,19-20H,6-7,10,13H2,1-2H3. The van der Waals surface area contributed by atoms with Gasteiger partial charge in [0, 0.05) is 36.1 Å². The van der Waals surface area contributed by atoms with Crippen LogP contribution in [0.4, 0.5) is 0 Å². The topological polar surface area (TPSA) is 94.1 Å². The minimum absolute atomic E-state index is 0.0195. The van der Waals surface area contributed by atoms with Crippen LogP contribution in [0.25, 0.3) is 0 Å². The second-order valence-electron chi connectivity index (χ2n) is 9.34. The smallest absolute Gasteiger partial charge is 0.267 e. The first-order valence-corrected chi connectivity index (χ1v) is 13.7. The molecule has 0 N–H and O–H groups in total. The quantitative estimate of drug-likeness (QED) is 0.549. The molecule has 190 valence electrons. The van der Waals surface area contributed by atoms with Gasteiger partial charge in [-0.05, 0) is 56.8 Å². The van der Waals surface area contributed by atoms with Crippen molar-refractivity contribution in [1.82, 2.24) is 24.0 Å². The van der Waals surface area contributed by atoms with Crippen molar-refractivity contribution in [1.29, 1.82) is 0 Å². The molecule has 2 aromatic rings. The van der Waals surface area contributed by atoms with Crippen LogP contribution in [-0.2, 0) is 26.0 Å². The van der Waals surface area contributed by atoms with Gasteiger partial charge in [-0.25, -0.2) is 12.7 Å². The number of hydrogen-bond acceptors (Lipinski definition) is 6. The Morgan fingerprint density at radius 3 is 2.47 bits per heavy atom. The monoisotopic (exact) mass is 549 g/mol. The van der Waals surface area contributed by atoms with Gasteiger partial charge in [0.15, 0.2) is 0 Å². The summed E-state index contributed by atoms with van der Waals surface area (Å²) < 4.78 is 29.1. The van der Waals surface area contributed by atoms with Crippen molar-refractivity contribution in [2.75, 3.05) is 20.6 Å². The molecule has 0 spiro atoms. The summed E-state index contributed by atoms with van der Waals surface area (Å²) in [4.78, 5) is 36.0. The van der Waals surface area contributed by atoms with E-state index in [9.17, 15) is 18.0 Å². The highest BCUT2D eigenvalue weighted by Gasteiger charge is 2.52. The van der Waals surface area contributed by atoms with Crippen LogP contribution < -0.4 is 0 Å². The molecular weight excluding hydrogens is 525 g/mol. The van der Waals surface area contributed by atoms with E-state index in [4.69, 9.17) is 23.2 Å². The van der Waals surface area contributed by atoms with Crippen LogP contribution in [0, 0.1) is 0 Å². The Labute approximate surface area is 219 Å². The summed E-state index contributed by atoms with van der Waals surface area (Å²) in [6.45, 7) is -0.123. The van der Waals surface area contributed by atoms with Gasteiger partial charge in [0.2, 0.25) is 11.8 Å². The van der Waals surface area contributed by atoms with E-state index in [1.54, 1.807) is 42.4 Å². The number of likely N-dealkylation sites (N-methyl/N-ethyl adjacent to an activating group) is 1. The minimum Gasteiger partial charge on any atom is -0.311 e. The summed E-state index contributed by atoms with van der Waals surface area (Å²) in [6.07, 6.45) is 6.62. The van der Waals surface area contributed by atoms with Crippen molar-refractivity contribution in [3.8, 4) is 0 Å². The number of fused-ring (bicyclic) bond motifs is 1. The van der Waals surface area contributed by atoms with E-state index in [-0.39, 0.29) is 46.6 Å². The molecule has 0 bridgehead atoms. The Balaban J connectivity index is 1.65. The van der Waals surface area contributed by atoms with Crippen LogP contribution in [-0.4, -0.2) is 83.0 Å². The first-order valence-electron chi connectivity index (χ1n) is 11.5. The second-order valence-corrected chi connectivity index (χ2v) is 12.0. The molecule has 2 unspecified atom stereocenters. The van der Waals surface area contributed by atoms with Crippen molar-refractivity contribution in [3.63, 3.8) is 0 Å². The Bertz CT molecular complexity index is 1350. The molecule has 2 atom stereocenters. The Hall–Kier alpha value is -2.66. The number of aromatic nitrogens is 1. The maximum Gasteiger partial charge on any atom is 0.267 e. The van der Waals surface area contributed by atoms with Gasteiger partial charge in [0.1, 0.15) is 22.8 Å². The van der Waals surface area contributed by atoms with E-state index in [1.165, 1.54) is 33.6 Å². The number of pyridine rings is 1. The molecule has 1 saturated heterocycles. The molecule has 2 aliphatic heterocycles. The number of sulfonamides is 1. The number of rotatable bonds is 6. The molecule has 1 saturated carbocycles. The zero-order valence-electron chi connectivity index (χ0n) is 19.7. The van der Waals surface area contributed by atoms with Gasteiger partial charge in [0.05, 0.1) is 11.6 Å². The van der Waals surface area contributed by atoms with E-state index in [0.29, 0.717) is 5.02 Å². The summed E-state index contributed by atoms with van der Waals surface area (Å²) in [5.41, 5.74) is 0.766. The fourth-order valence-electron chi connectivity index (χ4n) is 4.60. The van der Waals surface area contributed by atoms with Gasteiger partial charge in [-0.2, -0.15) is 0 Å². The highest BCUT2D eigenvalue weighted by molar-refractivity contribution is 7.89. The molecule has 2 fully saturated rings. The number of hydrogen-bond donors (Lipinski definition) is 0. The van der Waals surface area contributed by atoms with Crippen LogP contribution in [0.3, 0.4) is 0 Å². The van der Waals surface area contributed by atoms with Gasteiger partial charge in [-0.15, -0.1) is 0 Å². The van der Waals surface area contributed by atoms with Gasteiger partial charge < -0.3 is 4.90 Å². The highest BCUT2D eigenvalue weighted by atomic mass is 35.5. The van der Waals surface area contributed by atoms with Gasteiger partial charge >= 0.3 is 0 Å². The second kappa shape index (κ2) is 9.33. The maximum atomic E-state index is 14.0. The number of carbonyl (C=O) groups excluding carboxylic acids is 2. The molecule has 9 nitrogen and oxygen atoms in total. The lowest BCUT2D eigenvalue weighted by Crippen LogP contribution is -2.66. The molecule has 1 aromatic heterocycles. The predicted octanol–water partition coefficient (Wildman–Crippen LogP) is 2.57. The first-order chi connectivity index (χ1) is 17.1. The van der Waals surface area contributed by atoms with E-state index >= 15 is 0 Å². The van der Waals surface area contributed by atoms with Crippen LogP contribution in [0.15, 0.2) is 59.6 Å². The molecule has 3 aliphatic rings. The Morgan fingerprint density at radius 2 is 1.86 bits per heavy atom. The molecule has 0 radical (unpaired) electrons. The predicted molar refractivity (Wildman–Crippen MR) is 134 cm³/mol. The number of amides is 2. The molecule has 2 amide bonds. The summed E-state index contributed by atoms with van der Waals surface area (Å²) in [7, 11) is -0.800.